The van der Waals surface area contributed by atoms with E-state index in [9.17, 15) is 14.4 Å². The predicted molar refractivity (Wildman–Crippen MR) is 114 cm³/mol. The zero-order valence-corrected chi connectivity index (χ0v) is 16.6. The molecule has 1 aromatic heterocycles. The molecule has 0 spiro atoms. The molecule has 3 aromatic rings. The SMILES string of the molecule is CC(=O)Nc1cccc(NC(=O)C(Cc2c[nH]c3ccccc23)NC(C)=O)c1C. The number of aromatic amines is 1. The number of anilines is 2. The third-order valence-corrected chi connectivity index (χ3v) is 4.70. The Morgan fingerprint density at radius 3 is 2.31 bits per heavy atom. The number of carbonyl (C=O) groups is 3. The lowest BCUT2D eigenvalue weighted by Crippen LogP contribution is -2.44. The molecule has 0 saturated heterocycles. The molecule has 0 aliphatic heterocycles. The van der Waals surface area contributed by atoms with Crippen LogP contribution in [0.4, 0.5) is 11.4 Å². The van der Waals surface area contributed by atoms with Gasteiger partial charge in [-0.2, -0.15) is 0 Å². The van der Waals surface area contributed by atoms with Crippen LogP contribution in [-0.2, 0) is 20.8 Å². The van der Waals surface area contributed by atoms with Crippen LogP contribution in [0.15, 0.2) is 48.7 Å². The summed E-state index contributed by atoms with van der Waals surface area (Å²) in [5, 5.41) is 9.36. The summed E-state index contributed by atoms with van der Waals surface area (Å²) >= 11 is 0. The Bertz CT molecular complexity index is 1070. The molecule has 0 bridgehead atoms. The number of carbonyl (C=O) groups excluding carboxylic acids is 3. The molecule has 0 aliphatic rings. The first kappa shape index (κ1) is 20.1. The maximum Gasteiger partial charge on any atom is 0.247 e. The highest BCUT2D eigenvalue weighted by atomic mass is 16.2. The maximum absolute atomic E-state index is 13.0. The van der Waals surface area contributed by atoms with E-state index in [1.165, 1.54) is 13.8 Å². The summed E-state index contributed by atoms with van der Waals surface area (Å²) in [5.41, 5.74) is 3.87. The van der Waals surface area contributed by atoms with E-state index < -0.39 is 6.04 Å². The van der Waals surface area contributed by atoms with Crippen molar-refractivity contribution >= 4 is 40.0 Å². The van der Waals surface area contributed by atoms with Crippen molar-refractivity contribution < 1.29 is 14.4 Å². The van der Waals surface area contributed by atoms with Crippen LogP contribution in [0.3, 0.4) is 0 Å². The second kappa shape index (κ2) is 8.60. The van der Waals surface area contributed by atoms with Gasteiger partial charge in [-0.3, -0.25) is 14.4 Å². The number of amides is 3. The van der Waals surface area contributed by atoms with Crippen molar-refractivity contribution in [2.24, 2.45) is 0 Å². The third kappa shape index (κ3) is 4.82. The molecule has 0 fully saturated rings. The second-order valence-corrected chi connectivity index (χ2v) is 6.97. The number of rotatable bonds is 6. The first-order valence-electron chi connectivity index (χ1n) is 9.35. The van der Waals surface area contributed by atoms with Gasteiger partial charge in [0.25, 0.3) is 0 Å². The van der Waals surface area contributed by atoms with Gasteiger partial charge in [0.05, 0.1) is 0 Å². The standard InChI is InChI=1S/C22H24N4O3/c1-13-18(24-14(2)27)9-6-10-19(13)26-22(29)21(25-15(3)28)11-16-12-23-20-8-5-4-7-17(16)20/h4-10,12,21,23H,11H2,1-3H3,(H,24,27)(H,25,28)(H,26,29). The van der Waals surface area contributed by atoms with Gasteiger partial charge in [-0.25, -0.2) is 0 Å². The average Bonchev–Trinajstić information content (AvgIpc) is 3.07. The highest BCUT2D eigenvalue weighted by Gasteiger charge is 2.22. The molecule has 0 saturated carbocycles. The molecule has 4 N–H and O–H groups in total. The van der Waals surface area contributed by atoms with Crippen molar-refractivity contribution in [3.8, 4) is 0 Å². The smallest absolute Gasteiger partial charge is 0.247 e. The molecule has 1 heterocycles. The van der Waals surface area contributed by atoms with Gasteiger partial charge in [-0.1, -0.05) is 24.3 Å². The molecule has 1 unspecified atom stereocenters. The van der Waals surface area contributed by atoms with Gasteiger partial charge >= 0.3 is 0 Å². The molecule has 2 aromatic carbocycles. The zero-order chi connectivity index (χ0) is 21.0. The van der Waals surface area contributed by atoms with Gasteiger partial charge in [0.15, 0.2) is 0 Å². The summed E-state index contributed by atoms with van der Waals surface area (Å²) < 4.78 is 0. The Balaban J connectivity index is 1.83. The van der Waals surface area contributed by atoms with Crippen LogP contribution in [0.5, 0.6) is 0 Å². The van der Waals surface area contributed by atoms with Gasteiger partial charge < -0.3 is 20.9 Å². The minimum atomic E-state index is -0.740. The van der Waals surface area contributed by atoms with E-state index in [0.717, 1.165) is 22.0 Å². The summed E-state index contributed by atoms with van der Waals surface area (Å²) in [6, 6.07) is 12.3. The zero-order valence-electron chi connectivity index (χ0n) is 16.6. The lowest BCUT2D eigenvalue weighted by molar-refractivity contribution is -0.125. The van der Waals surface area contributed by atoms with E-state index in [-0.39, 0.29) is 17.7 Å². The van der Waals surface area contributed by atoms with Crippen LogP contribution in [0.2, 0.25) is 0 Å². The monoisotopic (exact) mass is 392 g/mol. The maximum atomic E-state index is 13.0. The van der Waals surface area contributed by atoms with Crippen molar-refractivity contribution in [3.05, 3.63) is 59.8 Å². The van der Waals surface area contributed by atoms with Crippen LogP contribution < -0.4 is 16.0 Å². The molecule has 7 heteroatoms. The van der Waals surface area contributed by atoms with Crippen LogP contribution in [-0.4, -0.2) is 28.7 Å². The fraction of sp³-hybridized carbons (Fsp3) is 0.227. The van der Waals surface area contributed by atoms with Crippen LogP contribution in [0.25, 0.3) is 10.9 Å². The third-order valence-electron chi connectivity index (χ3n) is 4.70. The fourth-order valence-electron chi connectivity index (χ4n) is 3.29. The number of H-pyrrole nitrogens is 1. The quantitative estimate of drug-likeness (QED) is 0.518. The summed E-state index contributed by atoms with van der Waals surface area (Å²) in [6.45, 7) is 4.63. The molecular formula is C22H24N4O3. The van der Waals surface area contributed by atoms with Crippen molar-refractivity contribution in [1.82, 2.24) is 10.3 Å². The lowest BCUT2D eigenvalue weighted by atomic mass is 10.0. The van der Waals surface area contributed by atoms with E-state index in [2.05, 4.69) is 20.9 Å². The molecule has 0 aliphatic carbocycles. The van der Waals surface area contributed by atoms with Crippen molar-refractivity contribution in [2.45, 2.75) is 33.2 Å². The fourth-order valence-corrected chi connectivity index (χ4v) is 3.29. The largest absolute Gasteiger partial charge is 0.361 e. The summed E-state index contributed by atoms with van der Waals surface area (Å²) in [5.74, 6) is -0.797. The van der Waals surface area contributed by atoms with Crippen molar-refractivity contribution in [1.29, 1.82) is 0 Å². The first-order chi connectivity index (χ1) is 13.8. The van der Waals surface area contributed by atoms with E-state index in [4.69, 9.17) is 0 Å². The average molecular weight is 392 g/mol. The Labute approximate surface area is 168 Å². The van der Waals surface area contributed by atoms with Gasteiger partial charge in [0, 0.05) is 48.7 Å². The summed E-state index contributed by atoms with van der Waals surface area (Å²) in [4.78, 5) is 39.2. The molecule has 3 rings (SSSR count). The molecule has 1 atom stereocenters. The molecule has 150 valence electrons. The van der Waals surface area contributed by atoms with Crippen molar-refractivity contribution in [3.63, 3.8) is 0 Å². The first-order valence-corrected chi connectivity index (χ1v) is 9.35. The van der Waals surface area contributed by atoms with Crippen LogP contribution in [0.1, 0.15) is 25.0 Å². The number of fused-ring (bicyclic) bond motifs is 1. The van der Waals surface area contributed by atoms with E-state index in [0.29, 0.717) is 17.8 Å². The number of aromatic nitrogens is 1. The van der Waals surface area contributed by atoms with Crippen LogP contribution >= 0.6 is 0 Å². The Morgan fingerprint density at radius 2 is 1.62 bits per heavy atom. The van der Waals surface area contributed by atoms with E-state index in [1.807, 2.05) is 37.4 Å². The normalized spacial score (nSPS) is 11.7. The van der Waals surface area contributed by atoms with E-state index in [1.54, 1.807) is 18.2 Å². The molecule has 7 nitrogen and oxygen atoms in total. The number of hydrogen-bond acceptors (Lipinski definition) is 3. The van der Waals surface area contributed by atoms with Crippen LogP contribution in [0, 0.1) is 6.92 Å². The minimum Gasteiger partial charge on any atom is -0.361 e. The highest BCUT2D eigenvalue weighted by molar-refractivity contribution is 5.99. The van der Waals surface area contributed by atoms with Gasteiger partial charge in [0.2, 0.25) is 17.7 Å². The Hall–Kier alpha value is -3.61. The topological polar surface area (TPSA) is 103 Å². The molecule has 0 radical (unpaired) electrons. The predicted octanol–water partition coefficient (Wildman–Crippen LogP) is 3.12. The van der Waals surface area contributed by atoms with E-state index >= 15 is 0 Å². The number of benzene rings is 2. The Kier molecular flexibility index (Phi) is 5.97. The highest BCUT2D eigenvalue weighted by Crippen LogP contribution is 2.24. The van der Waals surface area contributed by atoms with Gasteiger partial charge in [0.1, 0.15) is 6.04 Å². The summed E-state index contributed by atoms with van der Waals surface area (Å²) in [7, 11) is 0. The number of para-hydroxylation sites is 1. The molecule has 3 amide bonds. The Morgan fingerprint density at radius 1 is 0.931 bits per heavy atom. The molecular weight excluding hydrogens is 368 g/mol. The minimum absolute atomic E-state index is 0.188. The number of hydrogen-bond donors (Lipinski definition) is 4. The van der Waals surface area contributed by atoms with Gasteiger partial charge in [-0.05, 0) is 36.2 Å². The lowest BCUT2D eigenvalue weighted by Gasteiger charge is -2.19. The molecule has 29 heavy (non-hydrogen) atoms. The number of nitrogens with one attached hydrogen (secondary N) is 4. The second-order valence-electron chi connectivity index (χ2n) is 6.97. The van der Waals surface area contributed by atoms with Crippen molar-refractivity contribution in [2.75, 3.05) is 10.6 Å². The summed E-state index contributed by atoms with van der Waals surface area (Å²) in [6.07, 6.45) is 2.20. The van der Waals surface area contributed by atoms with Gasteiger partial charge in [-0.15, -0.1) is 0 Å².